The number of fused-ring (bicyclic) bond motifs is 1. The van der Waals surface area contributed by atoms with E-state index >= 15 is 0 Å². The molecule has 0 fully saturated rings. The summed E-state index contributed by atoms with van der Waals surface area (Å²) in [6.07, 6.45) is 8.07. The molecular formula is C14H14O. The largest absolute Gasteiger partial charge is 0.457 e. The third-order valence-electron chi connectivity index (χ3n) is 2.27. The maximum Gasteiger partial charge on any atom is 0.134 e. The lowest BCUT2D eigenvalue weighted by atomic mass is 10.1. The van der Waals surface area contributed by atoms with Crippen molar-refractivity contribution in [2.45, 2.75) is 13.8 Å². The summed E-state index contributed by atoms with van der Waals surface area (Å²) in [5.74, 6) is 1.83. The Morgan fingerprint density at radius 1 is 1.00 bits per heavy atom. The first kappa shape index (κ1) is 9.78. The molecule has 0 radical (unpaired) electrons. The van der Waals surface area contributed by atoms with E-state index in [1.54, 1.807) is 0 Å². The van der Waals surface area contributed by atoms with Crippen molar-refractivity contribution in [3.63, 3.8) is 0 Å². The summed E-state index contributed by atoms with van der Waals surface area (Å²) in [5.41, 5.74) is 2.29. The molecule has 0 spiro atoms. The van der Waals surface area contributed by atoms with Crippen LogP contribution in [0.1, 0.15) is 19.4 Å². The lowest BCUT2D eigenvalue weighted by Gasteiger charge is -2.12. The highest BCUT2D eigenvalue weighted by molar-refractivity contribution is 5.60. The van der Waals surface area contributed by atoms with Crippen LogP contribution in [0, 0.1) is 0 Å². The smallest absolute Gasteiger partial charge is 0.134 e. The normalized spacial score (nSPS) is 13.9. The average Bonchev–Trinajstić information content (AvgIpc) is 2.18. The number of para-hydroxylation sites is 1. The quantitative estimate of drug-likeness (QED) is 0.613. The van der Waals surface area contributed by atoms with Crippen LogP contribution in [0.3, 0.4) is 0 Å². The Kier molecular flexibility index (Phi) is 2.72. The first-order valence-corrected chi connectivity index (χ1v) is 5.06. The van der Waals surface area contributed by atoms with Crippen LogP contribution in [0.2, 0.25) is 0 Å². The van der Waals surface area contributed by atoms with Gasteiger partial charge in [0.25, 0.3) is 0 Å². The van der Waals surface area contributed by atoms with Gasteiger partial charge in [0.15, 0.2) is 0 Å². The Bertz CT molecular complexity index is 446. The molecule has 0 aliphatic carbocycles. The summed E-state index contributed by atoms with van der Waals surface area (Å²) in [7, 11) is 0. The number of hydrogen-bond acceptors (Lipinski definition) is 1. The van der Waals surface area contributed by atoms with Gasteiger partial charge in [-0.1, -0.05) is 36.4 Å². The van der Waals surface area contributed by atoms with Crippen molar-refractivity contribution in [3.05, 3.63) is 59.4 Å². The molecule has 0 aromatic heterocycles. The standard InChI is InChI=1S/C14H14O/c1-11(2)13-9-5-3-7-12-8-4-6-10-14(12)15-13/h3-10H,1-2H3. The van der Waals surface area contributed by atoms with Gasteiger partial charge in [-0.25, -0.2) is 0 Å². The van der Waals surface area contributed by atoms with Gasteiger partial charge in [-0.05, 0) is 31.6 Å². The van der Waals surface area contributed by atoms with Crippen LogP contribution in [-0.4, -0.2) is 0 Å². The molecule has 1 heterocycles. The molecule has 0 amide bonds. The summed E-state index contributed by atoms with van der Waals surface area (Å²) in [5, 5.41) is 0. The maximum absolute atomic E-state index is 5.84. The van der Waals surface area contributed by atoms with Gasteiger partial charge in [0.05, 0.1) is 0 Å². The van der Waals surface area contributed by atoms with Crippen molar-refractivity contribution in [2.75, 3.05) is 0 Å². The van der Waals surface area contributed by atoms with Crippen LogP contribution in [0.5, 0.6) is 5.75 Å². The molecule has 0 saturated carbocycles. The zero-order chi connectivity index (χ0) is 10.7. The third kappa shape index (κ3) is 2.18. The molecule has 0 unspecified atom stereocenters. The number of benzene rings is 1. The average molecular weight is 198 g/mol. The molecule has 1 heteroatoms. The van der Waals surface area contributed by atoms with E-state index in [0.29, 0.717) is 0 Å². The van der Waals surface area contributed by atoms with Crippen molar-refractivity contribution in [1.29, 1.82) is 0 Å². The van der Waals surface area contributed by atoms with Gasteiger partial charge in [-0.2, -0.15) is 0 Å². The first-order valence-electron chi connectivity index (χ1n) is 5.06. The van der Waals surface area contributed by atoms with Gasteiger partial charge in [0.2, 0.25) is 0 Å². The Morgan fingerprint density at radius 2 is 1.73 bits per heavy atom. The summed E-state index contributed by atoms with van der Waals surface area (Å²) in [6.45, 7) is 4.10. The minimum Gasteiger partial charge on any atom is -0.457 e. The number of hydrogen-bond donors (Lipinski definition) is 0. The zero-order valence-electron chi connectivity index (χ0n) is 9.03. The number of allylic oxidation sites excluding steroid dienone is 4. The van der Waals surface area contributed by atoms with Crippen LogP contribution in [0.25, 0.3) is 6.08 Å². The Balaban J connectivity index is 2.49. The highest BCUT2D eigenvalue weighted by Gasteiger charge is 2.04. The molecule has 1 aromatic carbocycles. The predicted octanol–water partition coefficient (Wildman–Crippen LogP) is 3.94. The lowest BCUT2D eigenvalue weighted by Crippen LogP contribution is -1.97. The highest BCUT2D eigenvalue weighted by atomic mass is 16.5. The molecule has 0 saturated heterocycles. The third-order valence-corrected chi connectivity index (χ3v) is 2.27. The molecule has 1 aliphatic heterocycles. The highest BCUT2D eigenvalue weighted by Crippen LogP contribution is 2.24. The van der Waals surface area contributed by atoms with E-state index < -0.39 is 0 Å². The lowest BCUT2D eigenvalue weighted by molar-refractivity contribution is 0.437. The van der Waals surface area contributed by atoms with Crippen LogP contribution in [0.4, 0.5) is 0 Å². The summed E-state index contributed by atoms with van der Waals surface area (Å²) >= 11 is 0. The topological polar surface area (TPSA) is 9.23 Å². The minimum absolute atomic E-state index is 0.911. The predicted molar refractivity (Wildman–Crippen MR) is 63.6 cm³/mol. The van der Waals surface area contributed by atoms with Gasteiger partial charge in [0, 0.05) is 5.56 Å². The Hall–Kier alpha value is -1.76. The fourth-order valence-electron chi connectivity index (χ4n) is 1.43. The molecule has 1 nitrogen and oxygen atoms in total. The first-order chi connectivity index (χ1) is 7.27. The summed E-state index contributed by atoms with van der Waals surface area (Å²) in [4.78, 5) is 0. The van der Waals surface area contributed by atoms with Crippen molar-refractivity contribution in [3.8, 4) is 5.75 Å². The maximum atomic E-state index is 5.84. The van der Waals surface area contributed by atoms with E-state index in [1.165, 1.54) is 5.57 Å². The monoisotopic (exact) mass is 198 g/mol. The van der Waals surface area contributed by atoms with Gasteiger partial charge in [0.1, 0.15) is 11.5 Å². The van der Waals surface area contributed by atoms with E-state index in [-0.39, 0.29) is 0 Å². The Morgan fingerprint density at radius 3 is 2.53 bits per heavy atom. The Labute approximate surface area is 90.4 Å². The van der Waals surface area contributed by atoms with Crippen LogP contribution >= 0.6 is 0 Å². The van der Waals surface area contributed by atoms with E-state index in [1.807, 2.05) is 62.4 Å². The second-order valence-electron chi connectivity index (χ2n) is 3.72. The van der Waals surface area contributed by atoms with Gasteiger partial charge >= 0.3 is 0 Å². The second-order valence-corrected chi connectivity index (χ2v) is 3.72. The molecule has 15 heavy (non-hydrogen) atoms. The summed E-state index contributed by atoms with van der Waals surface area (Å²) in [6, 6.07) is 8.04. The molecule has 0 atom stereocenters. The van der Waals surface area contributed by atoms with Gasteiger partial charge in [-0.3, -0.25) is 0 Å². The molecular weight excluding hydrogens is 184 g/mol. The second kappa shape index (κ2) is 4.18. The van der Waals surface area contributed by atoms with Crippen molar-refractivity contribution in [2.24, 2.45) is 0 Å². The van der Waals surface area contributed by atoms with Crippen LogP contribution < -0.4 is 4.74 Å². The molecule has 2 rings (SSSR count). The van der Waals surface area contributed by atoms with Crippen LogP contribution in [0.15, 0.2) is 53.8 Å². The van der Waals surface area contributed by atoms with E-state index in [4.69, 9.17) is 4.74 Å². The molecule has 76 valence electrons. The molecule has 0 bridgehead atoms. The fraction of sp³-hybridized carbons (Fsp3) is 0.143. The number of rotatable bonds is 0. The zero-order valence-corrected chi connectivity index (χ0v) is 9.03. The molecule has 1 aliphatic rings. The van der Waals surface area contributed by atoms with Crippen LogP contribution in [-0.2, 0) is 0 Å². The van der Waals surface area contributed by atoms with Gasteiger partial charge < -0.3 is 4.74 Å². The van der Waals surface area contributed by atoms with Crippen molar-refractivity contribution in [1.82, 2.24) is 0 Å². The number of ether oxygens (including phenoxy) is 1. The van der Waals surface area contributed by atoms with E-state index in [0.717, 1.165) is 17.1 Å². The minimum atomic E-state index is 0.911. The van der Waals surface area contributed by atoms with Gasteiger partial charge in [-0.15, -0.1) is 0 Å². The van der Waals surface area contributed by atoms with E-state index in [9.17, 15) is 0 Å². The van der Waals surface area contributed by atoms with Crippen molar-refractivity contribution >= 4 is 6.08 Å². The molecule has 0 N–H and O–H groups in total. The molecule has 1 aromatic rings. The van der Waals surface area contributed by atoms with E-state index in [2.05, 4.69) is 0 Å². The summed E-state index contributed by atoms with van der Waals surface area (Å²) < 4.78 is 5.84. The fourth-order valence-corrected chi connectivity index (χ4v) is 1.43. The SMILES string of the molecule is CC(C)=C1C=CC=Cc2ccccc2O1. The van der Waals surface area contributed by atoms with Crippen molar-refractivity contribution < 1.29 is 4.74 Å².